The fourth-order valence-electron chi connectivity index (χ4n) is 3.15. The number of benzene rings is 2. The highest BCUT2D eigenvalue weighted by Crippen LogP contribution is 2.32. The molecule has 0 saturated carbocycles. The van der Waals surface area contributed by atoms with Crippen LogP contribution in [0, 0.1) is 0 Å². The monoisotopic (exact) mass is 406 g/mol. The number of nitrogens with zero attached hydrogens (tertiary/aromatic N) is 2. The predicted molar refractivity (Wildman–Crippen MR) is 101 cm³/mol. The molecule has 0 N–H and O–H groups in total. The van der Waals surface area contributed by atoms with Crippen LogP contribution in [0.2, 0.25) is 0 Å². The highest BCUT2D eigenvalue weighted by Gasteiger charge is 2.30. The van der Waals surface area contributed by atoms with Crippen LogP contribution < -0.4 is 0 Å². The Balaban J connectivity index is 1.78. The number of halogens is 3. The van der Waals surface area contributed by atoms with Crippen molar-refractivity contribution in [2.75, 3.05) is 39.9 Å². The van der Waals surface area contributed by atoms with Gasteiger partial charge in [0.1, 0.15) is 0 Å². The largest absolute Gasteiger partial charge is 0.416 e. The van der Waals surface area contributed by atoms with Gasteiger partial charge in [-0.1, -0.05) is 30.3 Å². The molecular weight excluding hydrogens is 385 g/mol. The molecule has 1 aliphatic rings. The molecule has 0 aliphatic carbocycles. The number of hydrogen-bond acceptors (Lipinski definition) is 3. The van der Waals surface area contributed by atoms with Crippen molar-refractivity contribution in [1.82, 2.24) is 9.80 Å². The van der Waals surface area contributed by atoms with E-state index in [0.717, 1.165) is 12.1 Å². The molecule has 0 aromatic heterocycles. The highest BCUT2D eigenvalue weighted by molar-refractivity contribution is 6.02. The summed E-state index contributed by atoms with van der Waals surface area (Å²) < 4.78 is 43.6. The van der Waals surface area contributed by atoms with Crippen LogP contribution in [0.5, 0.6) is 0 Å². The zero-order valence-electron chi connectivity index (χ0n) is 15.9. The standard InChI is InChI=1S/C21H21F3N2O3/c1-25(14-19(27)26-10-12-29-13-11-26)20(28)18-5-3-2-4-17(18)15-6-8-16(9-7-15)21(22,23)24/h2-9H,10-14H2,1H3. The number of amides is 2. The summed E-state index contributed by atoms with van der Waals surface area (Å²) in [5.74, 6) is -0.543. The van der Waals surface area contributed by atoms with Crippen molar-refractivity contribution in [2.45, 2.75) is 6.18 Å². The van der Waals surface area contributed by atoms with Gasteiger partial charge in [-0.25, -0.2) is 0 Å². The first kappa shape index (κ1) is 20.9. The van der Waals surface area contributed by atoms with E-state index < -0.39 is 11.7 Å². The van der Waals surface area contributed by atoms with Crippen molar-refractivity contribution in [3.63, 3.8) is 0 Å². The van der Waals surface area contributed by atoms with E-state index in [4.69, 9.17) is 4.74 Å². The molecule has 1 saturated heterocycles. The van der Waals surface area contributed by atoms with Crippen LogP contribution in [0.3, 0.4) is 0 Å². The van der Waals surface area contributed by atoms with Crippen LogP contribution >= 0.6 is 0 Å². The number of likely N-dealkylation sites (N-methyl/N-ethyl adjacent to an activating group) is 1. The summed E-state index contributed by atoms with van der Waals surface area (Å²) in [6.07, 6.45) is -4.42. The maximum atomic E-state index is 12.9. The van der Waals surface area contributed by atoms with Crippen molar-refractivity contribution >= 4 is 11.8 Å². The second-order valence-electron chi connectivity index (χ2n) is 6.78. The quantitative estimate of drug-likeness (QED) is 0.783. The molecule has 2 amide bonds. The van der Waals surface area contributed by atoms with Crippen molar-refractivity contribution < 1.29 is 27.5 Å². The van der Waals surface area contributed by atoms with Crippen LogP contribution in [0.15, 0.2) is 48.5 Å². The van der Waals surface area contributed by atoms with E-state index in [1.54, 1.807) is 29.2 Å². The van der Waals surface area contributed by atoms with Gasteiger partial charge < -0.3 is 14.5 Å². The van der Waals surface area contributed by atoms with Gasteiger partial charge >= 0.3 is 6.18 Å². The second-order valence-corrected chi connectivity index (χ2v) is 6.78. The third-order valence-corrected chi connectivity index (χ3v) is 4.76. The van der Waals surface area contributed by atoms with E-state index in [2.05, 4.69) is 0 Å². The predicted octanol–water partition coefficient (Wildman–Crippen LogP) is 3.30. The number of rotatable bonds is 4. The summed E-state index contributed by atoms with van der Waals surface area (Å²) >= 11 is 0. The van der Waals surface area contributed by atoms with Gasteiger partial charge in [-0.3, -0.25) is 9.59 Å². The minimum absolute atomic E-state index is 0.0832. The molecule has 0 spiro atoms. The van der Waals surface area contributed by atoms with E-state index in [-0.39, 0.29) is 18.4 Å². The smallest absolute Gasteiger partial charge is 0.378 e. The van der Waals surface area contributed by atoms with Crippen molar-refractivity contribution in [2.24, 2.45) is 0 Å². The van der Waals surface area contributed by atoms with E-state index in [1.165, 1.54) is 24.1 Å². The molecule has 2 aromatic rings. The Hall–Kier alpha value is -2.87. The van der Waals surface area contributed by atoms with E-state index >= 15 is 0 Å². The molecule has 0 radical (unpaired) electrons. The Morgan fingerprint density at radius 2 is 1.66 bits per heavy atom. The number of ether oxygens (including phenoxy) is 1. The minimum Gasteiger partial charge on any atom is -0.378 e. The molecule has 1 fully saturated rings. The summed E-state index contributed by atoms with van der Waals surface area (Å²) in [5.41, 5.74) is 0.578. The summed E-state index contributed by atoms with van der Waals surface area (Å²) in [5, 5.41) is 0. The molecule has 0 atom stereocenters. The number of alkyl halides is 3. The zero-order chi connectivity index (χ0) is 21.0. The van der Waals surface area contributed by atoms with Gasteiger partial charge in [0, 0.05) is 25.7 Å². The van der Waals surface area contributed by atoms with Gasteiger partial charge in [0.25, 0.3) is 5.91 Å². The lowest BCUT2D eigenvalue weighted by Crippen LogP contribution is -2.46. The number of carbonyl (C=O) groups is 2. The average molecular weight is 406 g/mol. The molecule has 154 valence electrons. The molecule has 0 bridgehead atoms. The first-order valence-electron chi connectivity index (χ1n) is 9.15. The summed E-state index contributed by atoms with van der Waals surface area (Å²) in [6, 6.07) is 11.3. The van der Waals surface area contributed by atoms with E-state index in [0.29, 0.717) is 43.0 Å². The van der Waals surface area contributed by atoms with Gasteiger partial charge in [0.15, 0.2) is 0 Å². The first-order chi connectivity index (χ1) is 13.8. The topological polar surface area (TPSA) is 49.9 Å². The Bertz CT molecular complexity index is 875. The fraction of sp³-hybridized carbons (Fsp3) is 0.333. The van der Waals surface area contributed by atoms with Crippen LogP contribution in [0.4, 0.5) is 13.2 Å². The third-order valence-electron chi connectivity index (χ3n) is 4.76. The summed E-state index contributed by atoms with van der Waals surface area (Å²) in [4.78, 5) is 28.3. The van der Waals surface area contributed by atoms with Crippen molar-refractivity contribution in [3.05, 3.63) is 59.7 Å². The summed E-state index contributed by atoms with van der Waals surface area (Å²) in [7, 11) is 1.53. The molecular formula is C21H21F3N2O3. The van der Waals surface area contributed by atoms with Crippen LogP contribution in [-0.2, 0) is 15.7 Å². The Morgan fingerprint density at radius 3 is 2.28 bits per heavy atom. The minimum atomic E-state index is -4.42. The van der Waals surface area contributed by atoms with Crippen molar-refractivity contribution in [3.8, 4) is 11.1 Å². The molecule has 8 heteroatoms. The van der Waals surface area contributed by atoms with Crippen LogP contribution in [0.25, 0.3) is 11.1 Å². The second kappa shape index (κ2) is 8.65. The van der Waals surface area contributed by atoms with Crippen LogP contribution in [-0.4, -0.2) is 61.5 Å². The SMILES string of the molecule is CN(CC(=O)N1CCOCC1)C(=O)c1ccccc1-c1ccc(C(F)(F)F)cc1. The Morgan fingerprint density at radius 1 is 1.03 bits per heavy atom. The Kier molecular flexibility index (Phi) is 6.22. The maximum Gasteiger partial charge on any atom is 0.416 e. The summed E-state index contributed by atoms with van der Waals surface area (Å²) in [6.45, 7) is 1.84. The number of carbonyl (C=O) groups excluding carboxylic acids is 2. The molecule has 1 heterocycles. The third kappa shape index (κ3) is 4.95. The number of hydrogen-bond donors (Lipinski definition) is 0. The van der Waals surface area contributed by atoms with Gasteiger partial charge in [-0.2, -0.15) is 13.2 Å². The number of morpholine rings is 1. The van der Waals surface area contributed by atoms with Gasteiger partial charge in [-0.05, 0) is 29.3 Å². The molecule has 1 aliphatic heterocycles. The lowest BCUT2D eigenvalue weighted by Gasteiger charge is -2.29. The molecule has 2 aromatic carbocycles. The Labute approximate surface area is 166 Å². The fourth-order valence-corrected chi connectivity index (χ4v) is 3.15. The molecule has 29 heavy (non-hydrogen) atoms. The van der Waals surface area contributed by atoms with Crippen LogP contribution in [0.1, 0.15) is 15.9 Å². The molecule has 0 unspecified atom stereocenters. The average Bonchev–Trinajstić information content (AvgIpc) is 2.73. The van der Waals surface area contributed by atoms with E-state index in [1.807, 2.05) is 0 Å². The van der Waals surface area contributed by atoms with Crippen molar-refractivity contribution in [1.29, 1.82) is 0 Å². The molecule has 5 nitrogen and oxygen atoms in total. The van der Waals surface area contributed by atoms with E-state index in [9.17, 15) is 22.8 Å². The lowest BCUT2D eigenvalue weighted by molar-refractivity contribution is -0.137. The van der Waals surface area contributed by atoms with Gasteiger partial charge in [0.05, 0.1) is 25.3 Å². The lowest BCUT2D eigenvalue weighted by atomic mass is 9.98. The zero-order valence-corrected chi connectivity index (χ0v) is 15.9. The van der Waals surface area contributed by atoms with Gasteiger partial charge in [0.2, 0.25) is 5.91 Å². The maximum absolute atomic E-state index is 12.9. The van der Waals surface area contributed by atoms with Gasteiger partial charge in [-0.15, -0.1) is 0 Å². The molecule has 3 rings (SSSR count). The first-order valence-corrected chi connectivity index (χ1v) is 9.15. The normalized spacial score (nSPS) is 14.6. The highest BCUT2D eigenvalue weighted by atomic mass is 19.4.